The van der Waals surface area contributed by atoms with Gasteiger partial charge in [0.15, 0.2) is 0 Å². The van der Waals surface area contributed by atoms with E-state index in [4.69, 9.17) is 4.74 Å². The fourth-order valence-electron chi connectivity index (χ4n) is 4.34. The Balaban J connectivity index is 1.42. The highest BCUT2D eigenvalue weighted by molar-refractivity contribution is 5.40. The molecule has 1 heteroatoms. The highest BCUT2D eigenvalue weighted by Gasteiger charge is 2.20. The number of benzene rings is 2. The summed E-state index contributed by atoms with van der Waals surface area (Å²) in [5, 5.41) is 0. The summed E-state index contributed by atoms with van der Waals surface area (Å²) in [6.45, 7) is 5.15. The topological polar surface area (TPSA) is 9.23 Å². The lowest BCUT2D eigenvalue weighted by Crippen LogP contribution is -2.11. The SMILES string of the molecule is CCCCCc1ccc(C2CCC(C=CC#Cc3ccc(OCCC)cc3)CC2)cc1. The molecule has 1 nitrogen and oxygen atoms in total. The van der Waals surface area contributed by atoms with Gasteiger partial charge in [0, 0.05) is 5.56 Å². The molecule has 164 valence electrons. The smallest absolute Gasteiger partial charge is 0.119 e. The van der Waals surface area contributed by atoms with Crippen molar-refractivity contribution in [3.63, 3.8) is 0 Å². The van der Waals surface area contributed by atoms with Crippen molar-refractivity contribution in [2.45, 2.75) is 77.6 Å². The monoisotopic (exact) mass is 414 g/mol. The molecular formula is C30H38O. The second-order valence-corrected chi connectivity index (χ2v) is 8.81. The number of ether oxygens (including phenoxy) is 1. The lowest BCUT2D eigenvalue weighted by molar-refractivity contribution is 0.317. The summed E-state index contributed by atoms with van der Waals surface area (Å²) in [6, 6.07) is 17.5. The number of allylic oxidation sites excluding steroid dienone is 2. The molecule has 1 aliphatic rings. The Morgan fingerprint density at radius 2 is 1.61 bits per heavy atom. The van der Waals surface area contributed by atoms with Gasteiger partial charge >= 0.3 is 0 Å². The van der Waals surface area contributed by atoms with Gasteiger partial charge in [0.05, 0.1) is 6.61 Å². The van der Waals surface area contributed by atoms with Crippen LogP contribution >= 0.6 is 0 Å². The fraction of sp³-hybridized carbons (Fsp3) is 0.467. The van der Waals surface area contributed by atoms with E-state index in [1.165, 1.54) is 62.5 Å². The van der Waals surface area contributed by atoms with E-state index in [2.05, 4.69) is 62.1 Å². The molecule has 1 aliphatic carbocycles. The third kappa shape index (κ3) is 7.95. The highest BCUT2D eigenvalue weighted by Crippen LogP contribution is 2.36. The zero-order valence-electron chi connectivity index (χ0n) is 19.4. The van der Waals surface area contributed by atoms with Crippen LogP contribution in [0.3, 0.4) is 0 Å². The lowest BCUT2D eigenvalue weighted by Gasteiger charge is -2.27. The van der Waals surface area contributed by atoms with Crippen molar-refractivity contribution < 1.29 is 4.74 Å². The molecule has 0 spiro atoms. The molecule has 0 atom stereocenters. The minimum Gasteiger partial charge on any atom is -0.494 e. The van der Waals surface area contributed by atoms with Crippen LogP contribution in [0.4, 0.5) is 0 Å². The second kappa shape index (κ2) is 13.1. The fourth-order valence-corrected chi connectivity index (χ4v) is 4.34. The van der Waals surface area contributed by atoms with E-state index in [-0.39, 0.29) is 0 Å². The van der Waals surface area contributed by atoms with E-state index in [1.807, 2.05) is 24.3 Å². The Labute approximate surface area is 189 Å². The van der Waals surface area contributed by atoms with Gasteiger partial charge in [-0.1, -0.05) is 68.9 Å². The van der Waals surface area contributed by atoms with Gasteiger partial charge in [-0.2, -0.15) is 0 Å². The lowest BCUT2D eigenvalue weighted by atomic mass is 9.78. The minimum atomic E-state index is 0.670. The number of hydrogen-bond acceptors (Lipinski definition) is 1. The van der Waals surface area contributed by atoms with Crippen LogP contribution in [-0.2, 0) is 6.42 Å². The van der Waals surface area contributed by atoms with E-state index in [9.17, 15) is 0 Å². The van der Waals surface area contributed by atoms with Crippen molar-refractivity contribution in [1.82, 2.24) is 0 Å². The molecule has 31 heavy (non-hydrogen) atoms. The Kier molecular flexibility index (Phi) is 9.78. The third-order valence-electron chi connectivity index (χ3n) is 6.29. The van der Waals surface area contributed by atoms with Gasteiger partial charge in [0.25, 0.3) is 0 Å². The Morgan fingerprint density at radius 1 is 0.871 bits per heavy atom. The predicted molar refractivity (Wildman–Crippen MR) is 133 cm³/mol. The van der Waals surface area contributed by atoms with E-state index in [0.717, 1.165) is 30.3 Å². The van der Waals surface area contributed by atoms with Crippen LogP contribution in [0.15, 0.2) is 60.7 Å². The first-order chi connectivity index (χ1) is 15.3. The molecule has 0 bridgehead atoms. The summed E-state index contributed by atoms with van der Waals surface area (Å²) in [7, 11) is 0. The second-order valence-electron chi connectivity index (χ2n) is 8.81. The zero-order valence-corrected chi connectivity index (χ0v) is 19.4. The molecule has 0 unspecified atom stereocenters. The van der Waals surface area contributed by atoms with Crippen LogP contribution in [0, 0.1) is 17.8 Å². The molecule has 0 heterocycles. The minimum absolute atomic E-state index is 0.670. The summed E-state index contributed by atoms with van der Waals surface area (Å²) in [5.74, 6) is 8.77. The quantitative estimate of drug-likeness (QED) is 0.297. The van der Waals surface area contributed by atoms with Crippen molar-refractivity contribution in [2.24, 2.45) is 5.92 Å². The normalized spacial score (nSPS) is 18.5. The zero-order chi connectivity index (χ0) is 21.7. The number of aryl methyl sites for hydroxylation is 1. The van der Waals surface area contributed by atoms with E-state index >= 15 is 0 Å². The first kappa shape index (κ1) is 23.2. The summed E-state index contributed by atoms with van der Waals surface area (Å²) in [4.78, 5) is 0. The molecule has 2 aromatic rings. The summed E-state index contributed by atoms with van der Waals surface area (Å²) < 4.78 is 5.62. The summed E-state index contributed by atoms with van der Waals surface area (Å²) >= 11 is 0. The van der Waals surface area contributed by atoms with Gasteiger partial charge in [-0.05, 0) is 98.2 Å². The average molecular weight is 415 g/mol. The molecule has 0 N–H and O–H groups in total. The first-order valence-corrected chi connectivity index (χ1v) is 12.3. The molecule has 0 aromatic heterocycles. The number of unbranched alkanes of at least 4 members (excludes halogenated alkanes) is 2. The maximum atomic E-state index is 5.62. The summed E-state index contributed by atoms with van der Waals surface area (Å²) in [5.41, 5.74) is 4.07. The van der Waals surface area contributed by atoms with Crippen LogP contribution in [-0.4, -0.2) is 6.61 Å². The van der Waals surface area contributed by atoms with Crippen molar-refractivity contribution in [1.29, 1.82) is 0 Å². The molecule has 1 fully saturated rings. The largest absolute Gasteiger partial charge is 0.494 e. The van der Waals surface area contributed by atoms with Crippen LogP contribution in [0.1, 0.15) is 87.8 Å². The van der Waals surface area contributed by atoms with Crippen LogP contribution in [0.5, 0.6) is 5.75 Å². The number of hydrogen-bond donors (Lipinski definition) is 0. The van der Waals surface area contributed by atoms with Crippen molar-refractivity contribution >= 4 is 0 Å². The van der Waals surface area contributed by atoms with E-state index in [1.54, 1.807) is 0 Å². The van der Waals surface area contributed by atoms with Crippen LogP contribution in [0.25, 0.3) is 0 Å². The van der Waals surface area contributed by atoms with Gasteiger partial charge in [0.1, 0.15) is 5.75 Å². The standard InChI is InChI=1S/C30H38O/c1-3-5-6-9-25-12-18-28(19-13-25)29-20-14-26(15-21-29)10-7-8-11-27-16-22-30(23-17-27)31-24-4-2/h7,10,12-13,16-19,22-23,26,29H,3-6,9,14-15,20-21,24H2,1-2H3. The van der Waals surface area contributed by atoms with Crippen molar-refractivity contribution in [3.8, 4) is 17.6 Å². The van der Waals surface area contributed by atoms with Crippen molar-refractivity contribution in [3.05, 3.63) is 77.4 Å². The Hall–Kier alpha value is -2.46. The van der Waals surface area contributed by atoms with E-state index in [0.29, 0.717) is 5.92 Å². The Bertz CT molecular complexity index is 840. The molecular weight excluding hydrogens is 376 g/mol. The maximum Gasteiger partial charge on any atom is 0.119 e. The molecule has 0 saturated heterocycles. The molecule has 2 aromatic carbocycles. The highest BCUT2D eigenvalue weighted by atomic mass is 16.5. The van der Waals surface area contributed by atoms with Crippen molar-refractivity contribution in [2.75, 3.05) is 6.61 Å². The first-order valence-electron chi connectivity index (χ1n) is 12.3. The number of rotatable bonds is 9. The molecule has 1 saturated carbocycles. The Morgan fingerprint density at radius 3 is 2.29 bits per heavy atom. The molecule has 3 rings (SSSR count). The van der Waals surface area contributed by atoms with E-state index < -0.39 is 0 Å². The average Bonchev–Trinajstić information content (AvgIpc) is 2.82. The van der Waals surface area contributed by atoms with Gasteiger partial charge < -0.3 is 4.74 Å². The van der Waals surface area contributed by atoms with Gasteiger partial charge in [-0.3, -0.25) is 0 Å². The predicted octanol–water partition coefficient (Wildman–Crippen LogP) is 8.09. The third-order valence-corrected chi connectivity index (χ3v) is 6.29. The molecule has 0 radical (unpaired) electrons. The summed E-state index contributed by atoms with van der Waals surface area (Å²) in [6.07, 6.45) is 15.7. The molecule has 0 amide bonds. The molecule has 0 aliphatic heterocycles. The van der Waals surface area contributed by atoms with Crippen LogP contribution in [0.2, 0.25) is 0 Å². The van der Waals surface area contributed by atoms with Gasteiger partial charge in [-0.25, -0.2) is 0 Å². The maximum absolute atomic E-state index is 5.62. The van der Waals surface area contributed by atoms with Gasteiger partial charge in [0.2, 0.25) is 0 Å². The van der Waals surface area contributed by atoms with Gasteiger partial charge in [-0.15, -0.1) is 0 Å². The van der Waals surface area contributed by atoms with Crippen LogP contribution < -0.4 is 4.74 Å².